The molecule has 0 unspecified atom stereocenters. The molecular weight excluding hydrogens is 321 g/mol. The summed E-state index contributed by atoms with van der Waals surface area (Å²) in [6.07, 6.45) is -3.05. The molecule has 0 bridgehead atoms. The fourth-order valence-electron chi connectivity index (χ4n) is 3.13. The molecular formula is C17H23F3N2O2. The van der Waals surface area contributed by atoms with Crippen LogP contribution in [0.1, 0.15) is 24.8 Å². The van der Waals surface area contributed by atoms with E-state index in [1.807, 2.05) is 24.3 Å². The van der Waals surface area contributed by atoms with Gasteiger partial charge in [0.15, 0.2) is 0 Å². The number of nitrogens with one attached hydrogen (secondary N) is 1. The second kappa shape index (κ2) is 7.88. The van der Waals surface area contributed by atoms with Gasteiger partial charge >= 0.3 is 6.18 Å². The van der Waals surface area contributed by atoms with Gasteiger partial charge in [0.2, 0.25) is 5.91 Å². The highest BCUT2D eigenvalue weighted by atomic mass is 19.4. The Labute approximate surface area is 140 Å². The van der Waals surface area contributed by atoms with Crippen molar-refractivity contribution in [2.45, 2.75) is 43.9 Å². The van der Waals surface area contributed by atoms with Crippen LogP contribution in [-0.4, -0.2) is 49.8 Å². The number of para-hydroxylation sites is 1. The number of hydrogen-bond donors (Lipinski definition) is 1. The molecule has 7 heteroatoms. The zero-order chi connectivity index (χ0) is 17.7. The number of aryl methyl sites for hydroxylation is 1. The lowest BCUT2D eigenvalue weighted by molar-refractivity contribution is -0.188. The number of benzene rings is 1. The van der Waals surface area contributed by atoms with Gasteiger partial charge in [-0.25, -0.2) is 0 Å². The summed E-state index contributed by atoms with van der Waals surface area (Å²) >= 11 is 0. The molecule has 0 saturated carbocycles. The van der Waals surface area contributed by atoms with Crippen LogP contribution in [0.15, 0.2) is 24.3 Å². The van der Waals surface area contributed by atoms with Crippen molar-refractivity contribution in [1.29, 1.82) is 0 Å². The Morgan fingerprint density at radius 2 is 2.04 bits per heavy atom. The first-order valence-electron chi connectivity index (χ1n) is 7.99. The predicted octanol–water partition coefficient (Wildman–Crippen LogP) is 2.77. The lowest BCUT2D eigenvalue weighted by Gasteiger charge is -2.38. The molecule has 1 heterocycles. The topological polar surface area (TPSA) is 41.6 Å². The van der Waals surface area contributed by atoms with E-state index in [-0.39, 0.29) is 31.3 Å². The van der Waals surface area contributed by atoms with Gasteiger partial charge in [0.1, 0.15) is 11.8 Å². The summed E-state index contributed by atoms with van der Waals surface area (Å²) in [6.45, 7) is 0.213. The Bertz CT molecular complexity index is 563. The molecule has 2 atom stereocenters. The number of rotatable bonds is 5. The number of alkyl halides is 3. The number of carbonyl (C=O) groups is 1. The minimum absolute atomic E-state index is 0.0114. The molecule has 0 spiro atoms. The summed E-state index contributed by atoms with van der Waals surface area (Å²) in [6, 6.07) is 5.81. The number of nitrogens with zero attached hydrogens (tertiary/aromatic N) is 1. The maximum Gasteiger partial charge on any atom is 0.404 e. The van der Waals surface area contributed by atoms with E-state index in [2.05, 4.69) is 5.32 Å². The number of halogens is 3. The summed E-state index contributed by atoms with van der Waals surface area (Å²) in [5.74, 6) is 0.584. The van der Waals surface area contributed by atoms with Crippen LogP contribution >= 0.6 is 0 Å². The molecule has 1 saturated heterocycles. The maximum absolute atomic E-state index is 12.8. The van der Waals surface area contributed by atoms with Gasteiger partial charge in [0.05, 0.1) is 7.11 Å². The normalized spacial score (nSPS) is 22.2. The SMILES string of the molecule is COc1ccccc1CCC(=O)N[C@@H]1CC[C@H](C(F)(F)F)N(C)C1. The van der Waals surface area contributed by atoms with Crippen LogP contribution in [0.5, 0.6) is 5.75 Å². The highest BCUT2D eigenvalue weighted by Gasteiger charge is 2.44. The Hall–Kier alpha value is -1.76. The molecule has 1 aliphatic heterocycles. The first-order chi connectivity index (χ1) is 11.3. The molecule has 134 valence electrons. The Balaban J connectivity index is 1.81. The molecule has 1 aliphatic rings. The quantitative estimate of drug-likeness (QED) is 0.893. The molecule has 1 amide bonds. The van der Waals surface area contributed by atoms with Gasteiger partial charge in [0, 0.05) is 19.0 Å². The molecule has 2 rings (SSSR count). The Kier molecular flexibility index (Phi) is 6.10. The van der Waals surface area contributed by atoms with Crippen LogP contribution in [0.2, 0.25) is 0 Å². The van der Waals surface area contributed by atoms with E-state index < -0.39 is 12.2 Å². The lowest BCUT2D eigenvalue weighted by Crippen LogP contribution is -2.54. The molecule has 1 N–H and O–H groups in total. The van der Waals surface area contributed by atoms with Gasteiger partial charge in [0.25, 0.3) is 0 Å². The smallest absolute Gasteiger partial charge is 0.404 e. The number of likely N-dealkylation sites (N-methyl/N-ethyl adjacent to an activating group) is 1. The number of carbonyl (C=O) groups excluding carboxylic acids is 1. The van der Waals surface area contributed by atoms with E-state index in [4.69, 9.17) is 4.74 Å². The van der Waals surface area contributed by atoms with Gasteiger partial charge in [-0.05, 0) is 37.9 Å². The molecule has 24 heavy (non-hydrogen) atoms. The molecule has 1 fully saturated rings. The van der Waals surface area contributed by atoms with Crippen molar-refractivity contribution < 1.29 is 22.7 Å². The zero-order valence-corrected chi connectivity index (χ0v) is 13.9. The standard InChI is InChI=1S/C17H23F3N2O2/c1-22-11-13(8-9-15(22)17(18,19)20)21-16(23)10-7-12-5-3-4-6-14(12)24-2/h3-6,13,15H,7-11H2,1-2H3,(H,21,23)/t13-,15-/m1/s1. The molecule has 0 radical (unpaired) electrons. The lowest BCUT2D eigenvalue weighted by atomic mass is 9.98. The molecule has 4 nitrogen and oxygen atoms in total. The van der Waals surface area contributed by atoms with E-state index in [0.29, 0.717) is 12.8 Å². The zero-order valence-electron chi connectivity index (χ0n) is 13.9. The molecule has 0 aromatic heterocycles. The first kappa shape index (κ1) is 18.6. The summed E-state index contributed by atoms with van der Waals surface area (Å²) in [4.78, 5) is 13.3. The average molecular weight is 344 g/mol. The van der Waals surface area contributed by atoms with Gasteiger partial charge in [-0.15, -0.1) is 0 Å². The van der Waals surface area contributed by atoms with Gasteiger partial charge in [-0.3, -0.25) is 9.69 Å². The first-order valence-corrected chi connectivity index (χ1v) is 7.99. The third-order valence-electron chi connectivity index (χ3n) is 4.39. The van der Waals surface area contributed by atoms with Crippen molar-refractivity contribution in [3.8, 4) is 5.75 Å². The van der Waals surface area contributed by atoms with Crippen LogP contribution in [0.3, 0.4) is 0 Å². The van der Waals surface area contributed by atoms with Gasteiger partial charge < -0.3 is 10.1 Å². The van der Waals surface area contributed by atoms with Crippen molar-refractivity contribution in [2.75, 3.05) is 20.7 Å². The Morgan fingerprint density at radius 3 is 2.67 bits per heavy atom. The second-order valence-electron chi connectivity index (χ2n) is 6.15. The molecule has 0 aliphatic carbocycles. The largest absolute Gasteiger partial charge is 0.496 e. The van der Waals surface area contributed by atoms with E-state index >= 15 is 0 Å². The third kappa shape index (κ3) is 4.87. The van der Waals surface area contributed by atoms with Gasteiger partial charge in [-0.2, -0.15) is 13.2 Å². The highest BCUT2D eigenvalue weighted by molar-refractivity contribution is 5.76. The van der Waals surface area contributed by atoms with Crippen LogP contribution in [-0.2, 0) is 11.2 Å². The molecule has 1 aromatic rings. The summed E-state index contributed by atoms with van der Waals surface area (Å²) < 4.78 is 43.7. The number of ether oxygens (including phenoxy) is 1. The van der Waals surface area contributed by atoms with Crippen LogP contribution in [0, 0.1) is 0 Å². The third-order valence-corrected chi connectivity index (χ3v) is 4.39. The summed E-state index contributed by atoms with van der Waals surface area (Å²) in [5.41, 5.74) is 0.938. The fraction of sp³-hybridized carbons (Fsp3) is 0.588. The van der Waals surface area contributed by atoms with E-state index in [1.54, 1.807) is 7.11 Å². The highest BCUT2D eigenvalue weighted by Crippen LogP contribution is 2.30. The predicted molar refractivity (Wildman–Crippen MR) is 85.0 cm³/mol. The van der Waals surface area contributed by atoms with Crippen LogP contribution in [0.25, 0.3) is 0 Å². The minimum Gasteiger partial charge on any atom is -0.496 e. The summed E-state index contributed by atoms with van der Waals surface area (Å²) in [7, 11) is 3.03. The minimum atomic E-state index is -4.21. The van der Waals surface area contributed by atoms with Crippen LogP contribution in [0.4, 0.5) is 13.2 Å². The van der Waals surface area contributed by atoms with Crippen molar-refractivity contribution in [2.24, 2.45) is 0 Å². The number of likely N-dealkylation sites (tertiary alicyclic amines) is 1. The number of piperidine rings is 1. The second-order valence-corrected chi connectivity index (χ2v) is 6.15. The van der Waals surface area contributed by atoms with Gasteiger partial charge in [-0.1, -0.05) is 18.2 Å². The molecule has 1 aromatic carbocycles. The average Bonchev–Trinajstić information content (AvgIpc) is 2.52. The number of amides is 1. The number of methoxy groups -OCH3 is 1. The van der Waals surface area contributed by atoms with Crippen molar-refractivity contribution in [3.63, 3.8) is 0 Å². The Morgan fingerprint density at radius 1 is 1.33 bits per heavy atom. The fourth-order valence-corrected chi connectivity index (χ4v) is 3.13. The number of hydrogen-bond acceptors (Lipinski definition) is 3. The van der Waals surface area contributed by atoms with E-state index in [9.17, 15) is 18.0 Å². The van der Waals surface area contributed by atoms with Crippen molar-refractivity contribution in [1.82, 2.24) is 10.2 Å². The van der Waals surface area contributed by atoms with Crippen molar-refractivity contribution in [3.05, 3.63) is 29.8 Å². The van der Waals surface area contributed by atoms with Crippen LogP contribution < -0.4 is 10.1 Å². The maximum atomic E-state index is 12.8. The van der Waals surface area contributed by atoms with E-state index in [0.717, 1.165) is 11.3 Å². The van der Waals surface area contributed by atoms with E-state index in [1.165, 1.54) is 11.9 Å². The van der Waals surface area contributed by atoms with Crippen molar-refractivity contribution >= 4 is 5.91 Å². The summed E-state index contributed by atoms with van der Waals surface area (Å²) in [5, 5.41) is 2.84. The monoisotopic (exact) mass is 344 g/mol.